The second kappa shape index (κ2) is 13.9. The van der Waals surface area contributed by atoms with Gasteiger partial charge in [-0.05, 0) is 79.7 Å². The monoisotopic (exact) mass is 768 g/mol. The maximum absolute atomic E-state index is 13.5. The van der Waals surface area contributed by atoms with Gasteiger partial charge < -0.3 is 9.47 Å². The summed E-state index contributed by atoms with van der Waals surface area (Å²) < 4.78 is 58.0. The van der Waals surface area contributed by atoms with Crippen molar-refractivity contribution in [2.75, 3.05) is 0 Å². The smallest absolute Gasteiger partial charge is 0.395 e. The van der Waals surface area contributed by atoms with Crippen LogP contribution in [-0.4, -0.2) is 35.2 Å². The van der Waals surface area contributed by atoms with Gasteiger partial charge in [0, 0.05) is 75.7 Å². The molecule has 0 aliphatic rings. The van der Waals surface area contributed by atoms with E-state index >= 15 is 0 Å². The van der Waals surface area contributed by atoms with Gasteiger partial charge in [0.15, 0.2) is 5.82 Å². The van der Waals surface area contributed by atoms with Crippen molar-refractivity contribution in [3.05, 3.63) is 170 Å². The summed E-state index contributed by atoms with van der Waals surface area (Å²) in [5.74, 6) is 1.94. The zero-order chi connectivity index (χ0) is 39.4. The van der Waals surface area contributed by atoms with Crippen LogP contribution < -0.4 is 9.47 Å². The van der Waals surface area contributed by atoms with Gasteiger partial charge in [0.2, 0.25) is 0 Å². The number of halogens is 3. The molecule has 11 heteroatoms. The molecule has 10 rings (SSSR count). The van der Waals surface area contributed by atoms with Crippen LogP contribution in [0, 0.1) is 0 Å². The van der Waals surface area contributed by atoms with Gasteiger partial charge in [-0.15, -0.1) is 0 Å². The van der Waals surface area contributed by atoms with Crippen molar-refractivity contribution in [2.45, 2.75) is 19.0 Å². The van der Waals surface area contributed by atoms with Gasteiger partial charge in [0.25, 0.3) is 0 Å². The molecule has 0 aliphatic carbocycles. The Labute approximate surface area is 329 Å². The SMILES string of the molecule is CC(c1cnc(-c2cc(Oc3ccc4c5ccccc5n(-c5ccccn5)c4c3)cc(Oc3ccc4c5ccccc5n(-c5ccccn5)c4c3)c2)nc1)C(F)(F)F. The van der Waals surface area contributed by atoms with Crippen molar-refractivity contribution in [2.24, 2.45) is 0 Å². The van der Waals surface area contributed by atoms with Crippen LogP contribution in [-0.2, 0) is 0 Å². The number of fused-ring (bicyclic) bond motifs is 6. The van der Waals surface area contributed by atoms with Gasteiger partial charge >= 0.3 is 6.18 Å². The third-order valence-corrected chi connectivity index (χ3v) is 10.3. The standard InChI is InChI=1S/C47H31F3N6O2/c1-29(47(48,49)50)31-27-53-46(54-28-31)30-22-34(57-32-16-18-38-36-10-2-4-12-40(36)55(42(38)25-32)44-14-6-8-20-51-44)24-35(23-30)58-33-17-19-39-37-11-3-5-13-41(37)56(43(39)26-33)45-15-7-9-21-52-45/h2-29H,1H3. The molecule has 0 saturated heterocycles. The molecule has 0 radical (unpaired) electrons. The van der Waals surface area contributed by atoms with E-state index in [1.165, 1.54) is 12.4 Å². The Morgan fingerprint density at radius 3 is 1.41 bits per heavy atom. The van der Waals surface area contributed by atoms with E-state index in [9.17, 15) is 13.2 Å². The van der Waals surface area contributed by atoms with Gasteiger partial charge in [0.1, 0.15) is 34.6 Å². The lowest BCUT2D eigenvalue weighted by atomic mass is 10.0. The van der Waals surface area contributed by atoms with Crippen LogP contribution in [0.2, 0.25) is 0 Å². The van der Waals surface area contributed by atoms with Crippen molar-refractivity contribution >= 4 is 43.6 Å². The van der Waals surface area contributed by atoms with Gasteiger partial charge in [-0.1, -0.05) is 48.5 Å². The van der Waals surface area contributed by atoms with E-state index in [1.54, 1.807) is 30.6 Å². The fourth-order valence-corrected chi connectivity index (χ4v) is 7.48. The van der Waals surface area contributed by atoms with Gasteiger partial charge in [-0.25, -0.2) is 19.9 Å². The number of ether oxygens (including phenoxy) is 2. The van der Waals surface area contributed by atoms with Crippen LogP contribution in [0.5, 0.6) is 23.0 Å². The van der Waals surface area contributed by atoms with Crippen molar-refractivity contribution in [3.63, 3.8) is 0 Å². The average Bonchev–Trinajstić information content (AvgIpc) is 3.76. The Bertz CT molecular complexity index is 2950. The highest BCUT2D eigenvalue weighted by Crippen LogP contribution is 2.40. The third-order valence-electron chi connectivity index (χ3n) is 10.3. The third kappa shape index (κ3) is 6.22. The minimum absolute atomic E-state index is 0.0340. The summed E-state index contributed by atoms with van der Waals surface area (Å²) in [4.78, 5) is 18.0. The molecule has 5 aromatic heterocycles. The molecule has 58 heavy (non-hydrogen) atoms. The first-order valence-corrected chi connectivity index (χ1v) is 18.6. The summed E-state index contributed by atoms with van der Waals surface area (Å²) in [6.07, 6.45) is 1.52. The van der Waals surface area contributed by atoms with Crippen molar-refractivity contribution < 1.29 is 22.6 Å². The summed E-state index contributed by atoms with van der Waals surface area (Å²) in [5, 5.41) is 4.22. The number of nitrogens with zero attached hydrogens (tertiary/aromatic N) is 6. The number of aromatic nitrogens is 6. The minimum atomic E-state index is -4.42. The van der Waals surface area contributed by atoms with Gasteiger partial charge in [-0.3, -0.25) is 9.13 Å². The Morgan fingerprint density at radius 1 is 0.483 bits per heavy atom. The highest BCUT2D eigenvalue weighted by Gasteiger charge is 2.37. The van der Waals surface area contributed by atoms with E-state index in [0.717, 1.165) is 62.2 Å². The number of rotatable bonds is 8. The molecule has 1 unspecified atom stereocenters. The number of hydrogen-bond acceptors (Lipinski definition) is 6. The second-order valence-corrected chi connectivity index (χ2v) is 13.9. The summed E-state index contributed by atoms with van der Waals surface area (Å²) in [5.41, 5.74) is 4.27. The van der Waals surface area contributed by atoms with Crippen molar-refractivity contribution in [1.82, 2.24) is 29.1 Å². The topological polar surface area (TPSA) is 79.9 Å². The van der Waals surface area contributed by atoms with E-state index in [4.69, 9.17) is 9.47 Å². The van der Waals surface area contributed by atoms with E-state index in [-0.39, 0.29) is 11.4 Å². The Balaban J connectivity index is 1.08. The summed E-state index contributed by atoms with van der Waals surface area (Å²) >= 11 is 0. The molecule has 8 nitrogen and oxygen atoms in total. The number of para-hydroxylation sites is 2. The predicted molar refractivity (Wildman–Crippen MR) is 219 cm³/mol. The van der Waals surface area contributed by atoms with Crippen LogP contribution in [0.1, 0.15) is 18.4 Å². The lowest BCUT2D eigenvalue weighted by Gasteiger charge is -2.16. The maximum atomic E-state index is 13.5. The summed E-state index contributed by atoms with van der Waals surface area (Å²) in [6, 6.07) is 44.9. The molecule has 5 heterocycles. The Kier molecular flexibility index (Phi) is 8.36. The molecular formula is C47H31F3N6O2. The molecule has 10 aromatic rings. The first-order valence-electron chi connectivity index (χ1n) is 18.6. The molecule has 0 fully saturated rings. The zero-order valence-electron chi connectivity index (χ0n) is 30.8. The number of benzene rings is 5. The molecule has 1 atom stereocenters. The molecule has 0 saturated carbocycles. The van der Waals surface area contributed by atoms with Crippen LogP contribution in [0.15, 0.2) is 164 Å². The fraction of sp³-hybridized carbons (Fsp3) is 0.0638. The molecular weight excluding hydrogens is 738 g/mol. The highest BCUT2D eigenvalue weighted by atomic mass is 19.4. The first-order chi connectivity index (χ1) is 28.3. The number of pyridine rings is 2. The molecule has 0 bridgehead atoms. The largest absolute Gasteiger partial charge is 0.457 e. The highest BCUT2D eigenvalue weighted by molar-refractivity contribution is 6.10. The number of alkyl halides is 3. The van der Waals surface area contributed by atoms with Crippen LogP contribution >= 0.6 is 0 Å². The first kappa shape index (κ1) is 34.9. The van der Waals surface area contributed by atoms with Gasteiger partial charge in [0.05, 0.1) is 28.0 Å². The van der Waals surface area contributed by atoms with E-state index in [0.29, 0.717) is 28.6 Å². The van der Waals surface area contributed by atoms with Crippen molar-refractivity contribution in [1.29, 1.82) is 0 Å². The molecule has 5 aromatic carbocycles. The normalized spacial score (nSPS) is 12.4. The van der Waals surface area contributed by atoms with Crippen LogP contribution in [0.25, 0.3) is 66.6 Å². The van der Waals surface area contributed by atoms with Gasteiger partial charge in [-0.2, -0.15) is 13.2 Å². The minimum Gasteiger partial charge on any atom is -0.457 e. The fourth-order valence-electron chi connectivity index (χ4n) is 7.48. The molecule has 0 aliphatic heterocycles. The summed E-state index contributed by atoms with van der Waals surface area (Å²) in [7, 11) is 0. The zero-order valence-corrected chi connectivity index (χ0v) is 30.8. The quantitative estimate of drug-likeness (QED) is 0.153. The molecule has 0 spiro atoms. The van der Waals surface area contributed by atoms with Crippen LogP contribution in [0.4, 0.5) is 13.2 Å². The van der Waals surface area contributed by atoms with E-state index in [1.807, 2.05) is 97.1 Å². The second-order valence-electron chi connectivity index (χ2n) is 13.9. The number of hydrogen-bond donors (Lipinski definition) is 0. The maximum Gasteiger partial charge on any atom is 0.395 e. The average molecular weight is 769 g/mol. The van der Waals surface area contributed by atoms with Crippen LogP contribution in [0.3, 0.4) is 0 Å². The van der Waals surface area contributed by atoms with E-state index < -0.39 is 12.1 Å². The molecule has 0 N–H and O–H groups in total. The lowest BCUT2D eigenvalue weighted by Crippen LogP contribution is -2.18. The summed E-state index contributed by atoms with van der Waals surface area (Å²) in [6.45, 7) is 1.09. The predicted octanol–water partition coefficient (Wildman–Crippen LogP) is 12.4. The van der Waals surface area contributed by atoms with E-state index in [2.05, 4.69) is 53.3 Å². The Hall–Kier alpha value is -7.53. The molecule has 0 amide bonds. The van der Waals surface area contributed by atoms with Crippen molar-refractivity contribution in [3.8, 4) is 46.0 Å². The Morgan fingerprint density at radius 2 is 0.948 bits per heavy atom. The lowest BCUT2D eigenvalue weighted by molar-refractivity contribution is -0.146. The molecule has 282 valence electrons.